The van der Waals surface area contributed by atoms with Gasteiger partial charge in [0.1, 0.15) is 0 Å². The van der Waals surface area contributed by atoms with Gasteiger partial charge in [-0.3, -0.25) is 4.79 Å². The average molecular weight is 376 g/mol. The number of rotatable bonds is 5. The minimum atomic E-state index is 0.160. The lowest BCUT2D eigenvalue weighted by atomic mass is 9.89. The molecule has 3 aliphatic heterocycles. The van der Waals surface area contributed by atoms with Crippen LogP contribution in [0.4, 0.5) is 11.4 Å². The maximum atomic E-state index is 12.5. The molecule has 2 N–H and O–H groups in total. The summed E-state index contributed by atoms with van der Waals surface area (Å²) < 4.78 is 0. The van der Waals surface area contributed by atoms with Crippen LogP contribution < -0.4 is 15.5 Å². The summed E-state index contributed by atoms with van der Waals surface area (Å²) in [5.74, 6) is 0.695. The van der Waals surface area contributed by atoms with Crippen molar-refractivity contribution in [2.75, 3.05) is 16.8 Å². The number of anilines is 2. The van der Waals surface area contributed by atoms with Gasteiger partial charge in [0, 0.05) is 43.0 Å². The van der Waals surface area contributed by atoms with Gasteiger partial charge in [-0.25, -0.2) is 0 Å². The Kier molecular flexibility index (Phi) is 4.81. The van der Waals surface area contributed by atoms with E-state index in [-0.39, 0.29) is 5.91 Å². The number of fused-ring (bicyclic) bond motifs is 3. The first-order valence-electron chi connectivity index (χ1n) is 10.7. The van der Waals surface area contributed by atoms with Crippen LogP contribution in [0.2, 0.25) is 0 Å². The van der Waals surface area contributed by atoms with Crippen molar-refractivity contribution in [2.45, 2.75) is 57.2 Å². The lowest BCUT2D eigenvalue weighted by Crippen LogP contribution is -2.39. The minimum Gasteiger partial charge on any atom is -0.367 e. The Bertz CT molecular complexity index is 835. The van der Waals surface area contributed by atoms with Gasteiger partial charge in [0.05, 0.1) is 0 Å². The molecular formula is C24H29N3O. The van der Waals surface area contributed by atoms with E-state index in [9.17, 15) is 4.79 Å². The van der Waals surface area contributed by atoms with Crippen molar-refractivity contribution >= 4 is 17.3 Å². The Morgan fingerprint density at radius 3 is 2.57 bits per heavy atom. The second-order valence-corrected chi connectivity index (χ2v) is 8.72. The van der Waals surface area contributed by atoms with Gasteiger partial charge in [0.2, 0.25) is 5.91 Å². The summed E-state index contributed by atoms with van der Waals surface area (Å²) in [5, 5.41) is 6.75. The third-order valence-electron chi connectivity index (χ3n) is 6.64. The predicted octanol–water partition coefficient (Wildman–Crippen LogP) is 4.11. The molecule has 2 bridgehead atoms. The predicted molar refractivity (Wildman–Crippen MR) is 114 cm³/mol. The molecule has 0 aromatic heterocycles. The van der Waals surface area contributed by atoms with Crippen molar-refractivity contribution in [3.8, 4) is 0 Å². The molecule has 2 atom stereocenters. The van der Waals surface area contributed by atoms with Crippen LogP contribution in [-0.4, -0.2) is 24.5 Å². The van der Waals surface area contributed by atoms with Gasteiger partial charge in [0.15, 0.2) is 0 Å². The highest BCUT2D eigenvalue weighted by Gasteiger charge is 2.34. The van der Waals surface area contributed by atoms with E-state index >= 15 is 0 Å². The van der Waals surface area contributed by atoms with Crippen LogP contribution in [0, 0.1) is 5.92 Å². The largest absolute Gasteiger partial charge is 0.367 e. The van der Waals surface area contributed by atoms with Crippen LogP contribution in [0.25, 0.3) is 0 Å². The number of carbonyl (C=O) groups excluding carboxylic acids is 1. The SMILES string of the molecule is O=C(CC1CC2CCC(C1)N2)Nc1ccc(CN2CCc3ccccc32)cc1. The summed E-state index contributed by atoms with van der Waals surface area (Å²) >= 11 is 0. The number of nitrogens with zero attached hydrogens (tertiary/aromatic N) is 1. The second-order valence-electron chi connectivity index (χ2n) is 8.72. The number of carbonyl (C=O) groups is 1. The van der Waals surface area contributed by atoms with Crippen molar-refractivity contribution in [3.63, 3.8) is 0 Å². The van der Waals surface area contributed by atoms with E-state index in [0.717, 1.165) is 38.0 Å². The van der Waals surface area contributed by atoms with Crippen LogP contribution in [0.15, 0.2) is 48.5 Å². The standard InChI is InChI=1S/C24H29N3O/c28-24(15-18-13-21-9-10-22(14-18)25-21)26-20-7-5-17(6-8-20)16-27-12-11-19-3-1-2-4-23(19)27/h1-8,18,21-22,25H,9-16H2,(H,26,28). The first-order valence-corrected chi connectivity index (χ1v) is 10.7. The van der Waals surface area contributed by atoms with Crippen LogP contribution in [0.5, 0.6) is 0 Å². The number of amides is 1. The van der Waals surface area contributed by atoms with Gasteiger partial charge >= 0.3 is 0 Å². The Balaban J connectivity index is 1.15. The first-order chi connectivity index (χ1) is 13.7. The topological polar surface area (TPSA) is 44.4 Å². The van der Waals surface area contributed by atoms with Gasteiger partial charge in [-0.15, -0.1) is 0 Å². The highest BCUT2D eigenvalue weighted by atomic mass is 16.1. The monoisotopic (exact) mass is 375 g/mol. The van der Waals surface area contributed by atoms with E-state index in [4.69, 9.17) is 0 Å². The van der Waals surface area contributed by atoms with Crippen molar-refractivity contribution in [1.29, 1.82) is 0 Å². The third kappa shape index (κ3) is 3.79. The average Bonchev–Trinajstić information content (AvgIpc) is 3.26. The molecule has 0 radical (unpaired) electrons. The highest BCUT2D eigenvalue weighted by Crippen LogP contribution is 2.33. The highest BCUT2D eigenvalue weighted by molar-refractivity contribution is 5.90. The molecule has 2 fully saturated rings. The Labute approximate surface area is 167 Å². The molecule has 2 aromatic rings. The number of benzene rings is 2. The summed E-state index contributed by atoms with van der Waals surface area (Å²) in [6.45, 7) is 2.00. The van der Waals surface area contributed by atoms with Crippen molar-refractivity contribution in [1.82, 2.24) is 5.32 Å². The molecule has 28 heavy (non-hydrogen) atoms. The zero-order valence-corrected chi connectivity index (χ0v) is 16.4. The van der Waals surface area contributed by atoms with Gasteiger partial charge in [-0.05, 0) is 67.3 Å². The quantitative estimate of drug-likeness (QED) is 0.827. The van der Waals surface area contributed by atoms with E-state index in [0.29, 0.717) is 24.4 Å². The van der Waals surface area contributed by atoms with E-state index < -0.39 is 0 Å². The summed E-state index contributed by atoms with van der Waals surface area (Å²) in [6, 6.07) is 18.3. The number of para-hydroxylation sites is 1. The van der Waals surface area contributed by atoms with Crippen LogP contribution in [0.1, 0.15) is 43.2 Å². The van der Waals surface area contributed by atoms with E-state index in [1.165, 1.54) is 29.7 Å². The maximum Gasteiger partial charge on any atom is 0.224 e. The molecule has 2 saturated heterocycles. The van der Waals surface area contributed by atoms with Crippen LogP contribution >= 0.6 is 0 Å². The minimum absolute atomic E-state index is 0.160. The van der Waals surface area contributed by atoms with Crippen LogP contribution in [0.3, 0.4) is 0 Å². The number of nitrogens with one attached hydrogen (secondary N) is 2. The molecule has 0 spiro atoms. The van der Waals surface area contributed by atoms with Crippen molar-refractivity contribution in [2.24, 2.45) is 5.92 Å². The summed E-state index contributed by atoms with van der Waals surface area (Å²) in [7, 11) is 0. The van der Waals surface area contributed by atoms with Crippen molar-refractivity contribution < 1.29 is 4.79 Å². The summed E-state index contributed by atoms with van der Waals surface area (Å²) in [5.41, 5.74) is 4.99. The number of hydrogen-bond acceptors (Lipinski definition) is 3. The van der Waals surface area contributed by atoms with Gasteiger partial charge < -0.3 is 15.5 Å². The molecule has 1 amide bonds. The lowest BCUT2D eigenvalue weighted by Gasteiger charge is -2.28. The number of hydrogen-bond donors (Lipinski definition) is 2. The summed E-state index contributed by atoms with van der Waals surface area (Å²) in [6.07, 6.45) is 6.65. The fraction of sp³-hybridized carbons (Fsp3) is 0.458. The second kappa shape index (κ2) is 7.59. The third-order valence-corrected chi connectivity index (χ3v) is 6.64. The van der Waals surface area contributed by atoms with Gasteiger partial charge in [-0.2, -0.15) is 0 Å². The lowest BCUT2D eigenvalue weighted by molar-refractivity contribution is -0.117. The van der Waals surface area contributed by atoms with Crippen LogP contribution in [-0.2, 0) is 17.8 Å². The molecular weight excluding hydrogens is 346 g/mol. The molecule has 0 saturated carbocycles. The van der Waals surface area contributed by atoms with E-state index in [1.54, 1.807) is 0 Å². The van der Waals surface area contributed by atoms with E-state index in [1.807, 2.05) is 12.1 Å². The van der Waals surface area contributed by atoms with Gasteiger partial charge in [0.25, 0.3) is 0 Å². The molecule has 4 nitrogen and oxygen atoms in total. The van der Waals surface area contributed by atoms with Gasteiger partial charge in [-0.1, -0.05) is 30.3 Å². The normalized spacial score (nSPS) is 25.6. The molecule has 2 unspecified atom stereocenters. The molecule has 146 valence electrons. The Morgan fingerprint density at radius 2 is 1.79 bits per heavy atom. The zero-order chi connectivity index (χ0) is 18.9. The fourth-order valence-electron chi connectivity index (χ4n) is 5.30. The molecule has 4 heteroatoms. The summed E-state index contributed by atoms with van der Waals surface area (Å²) in [4.78, 5) is 14.9. The zero-order valence-electron chi connectivity index (χ0n) is 16.4. The molecule has 5 rings (SSSR count). The fourth-order valence-corrected chi connectivity index (χ4v) is 5.30. The van der Waals surface area contributed by atoms with E-state index in [2.05, 4.69) is 51.9 Å². The molecule has 3 heterocycles. The molecule has 2 aromatic carbocycles. The molecule has 0 aliphatic carbocycles. The maximum absolute atomic E-state index is 12.5. The van der Waals surface area contributed by atoms with Crippen molar-refractivity contribution in [3.05, 3.63) is 59.7 Å². The molecule has 3 aliphatic rings. The Hall–Kier alpha value is -2.33. The number of piperidine rings is 1. The Morgan fingerprint density at radius 1 is 1.04 bits per heavy atom. The first kappa shape index (κ1) is 17.7. The smallest absolute Gasteiger partial charge is 0.224 e.